The smallest absolute Gasteiger partial charge is 0.230 e. The maximum absolute atomic E-state index is 13.1. The third-order valence-corrected chi connectivity index (χ3v) is 6.39. The van der Waals surface area contributed by atoms with Gasteiger partial charge in [-0.1, -0.05) is 6.58 Å². The third-order valence-electron chi connectivity index (χ3n) is 6.39. The lowest BCUT2D eigenvalue weighted by Crippen LogP contribution is -2.34. The van der Waals surface area contributed by atoms with E-state index >= 15 is 0 Å². The van der Waals surface area contributed by atoms with E-state index in [1.807, 2.05) is 63.4 Å². The Labute approximate surface area is 199 Å². The van der Waals surface area contributed by atoms with Gasteiger partial charge in [0, 0.05) is 62.9 Å². The molecule has 1 aromatic carbocycles. The number of carbonyl (C=O) groups excluding carboxylic acids is 1. The molecule has 0 spiro atoms. The maximum atomic E-state index is 13.1. The predicted molar refractivity (Wildman–Crippen MR) is 137 cm³/mol. The number of hydrogen-bond donors (Lipinski definition) is 1. The number of anilines is 2. The molecule has 1 saturated heterocycles. The van der Waals surface area contributed by atoms with Crippen molar-refractivity contribution < 1.29 is 4.79 Å². The minimum Gasteiger partial charge on any atom is -0.393 e. The van der Waals surface area contributed by atoms with Crippen LogP contribution in [0.4, 0.5) is 11.4 Å². The zero-order valence-electron chi connectivity index (χ0n) is 21.1. The fourth-order valence-corrected chi connectivity index (χ4v) is 4.07. The van der Waals surface area contributed by atoms with Gasteiger partial charge in [-0.15, -0.1) is 0 Å². The van der Waals surface area contributed by atoms with Crippen molar-refractivity contribution >= 4 is 17.3 Å². The second kappa shape index (κ2) is 12.3. The van der Waals surface area contributed by atoms with Gasteiger partial charge in [-0.05, 0) is 77.3 Å². The Morgan fingerprint density at radius 1 is 1.33 bits per heavy atom. The zero-order valence-corrected chi connectivity index (χ0v) is 21.1. The molecule has 2 rings (SSSR count). The molecule has 1 heterocycles. The number of carbonyl (C=O) groups is 1. The molecule has 0 aromatic heterocycles. The summed E-state index contributed by atoms with van der Waals surface area (Å²) in [7, 11) is 7.92. The van der Waals surface area contributed by atoms with Gasteiger partial charge in [0.05, 0.1) is 12.0 Å². The first kappa shape index (κ1) is 26.3. The van der Waals surface area contributed by atoms with Crippen LogP contribution in [0.15, 0.2) is 43.4 Å². The summed E-state index contributed by atoms with van der Waals surface area (Å²) in [5.41, 5.74) is 3.03. The number of nitriles is 1. The van der Waals surface area contributed by atoms with Crippen LogP contribution in [0.2, 0.25) is 0 Å². The SMILES string of the molecule is C=CN(C)Cc1cc(N2CC[C@H](CCN(C)C)C2=O)ccc1N(/C=C\NC)[C@@H](C)C(C)C#N. The second-order valence-corrected chi connectivity index (χ2v) is 9.15. The summed E-state index contributed by atoms with van der Waals surface area (Å²) < 4.78 is 0. The van der Waals surface area contributed by atoms with Gasteiger partial charge in [0.2, 0.25) is 5.91 Å². The first-order chi connectivity index (χ1) is 15.7. The standard InChI is InChI=1S/C26H40N6O/c1-8-30(7)19-23-17-24(32-15-12-22(26(32)33)11-14-29(5)6)9-10-25(23)31(16-13-28-4)21(3)20(2)18-27/h8-10,13,16-17,20-22,28H,1,11-12,14-15,19H2,2-7H3/b16-13-/t20?,21-,22-/m0/s1. The van der Waals surface area contributed by atoms with Crippen LogP contribution in [0.1, 0.15) is 32.3 Å². The Hall–Kier alpha value is -2.98. The van der Waals surface area contributed by atoms with Crippen molar-refractivity contribution in [3.63, 3.8) is 0 Å². The van der Waals surface area contributed by atoms with Crippen LogP contribution in [0.25, 0.3) is 0 Å². The van der Waals surface area contributed by atoms with Gasteiger partial charge in [-0.3, -0.25) is 4.79 Å². The first-order valence-corrected chi connectivity index (χ1v) is 11.7. The summed E-state index contributed by atoms with van der Waals surface area (Å²) in [6, 6.07) is 8.56. The lowest BCUT2D eigenvalue weighted by atomic mass is 10.0. The van der Waals surface area contributed by atoms with Crippen molar-refractivity contribution in [3.8, 4) is 6.07 Å². The van der Waals surface area contributed by atoms with Gasteiger partial charge >= 0.3 is 0 Å². The van der Waals surface area contributed by atoms with Gasteiger partial charge in [-0.25, -0.2) is 0 Å². The Morgan fingerprint density at radius 2 is 2.06 bits per heavy atom. The molecule has 1 unspecified atom stereocenters. The van der Waals surface area contributed by atoms with Crippen LogP contribution in [-0.2, 0) is 11.3 Å². The Morgan fingerprint density at radius 3 is 2.67 bits per heavy atom. The third kappa shape index (κ3) is 6.75. The molecule has 1 aromatic rings. The van der Waals surface area contributed by atoms with E-state index < -0.39 is 0 Å². The average Bonchev–Trinajstić information content (AvgIpc) is 3.17. The van der Waals surface area contributed by atoms with Crippen molar-refractivity contribution in [1.82, 2.24) is 15.1 Å². The topological polar surface area (TPSA) is 65.8 Å². The highest BCUT2D eigenvalue weighted by molar-refractivity contribution is 5.97. The number of nitrogens with zero attached hydrogens (tertiary/aromatic N) is 5. The minimum absolute atomic E-state index is 0.0259. The number of rotatable bonds is 12. The minimum atomic E-state index is -0.159. The predicted octanol–water partition coefficient (Wildman–Crippen LogP) is 3.61. The molecule has 0 bridgehead atoms. The molecule has 0 saturated carbocycles. The van der Waals surface area contributed by atoms with Crippen LogP contribution in [-0.4, -0.2) is 63.0 Å². The van der Waals surface area contributed by atoms with Gasteiger partial charge in [0.15, 0.2) is 0 Å². The molecule has 1 aliphatic rings. The fourth-order valence-electron chi connectivity index (χ4n) is 4.07. The van der Waals surface area contributed by atoms with Gasteiger partial charge < -0.3 is 24.9 Å². The molecule has 1 amide bonds. The molecule has 7 heteroatoms. The normalized spacial score (nSPS) is 17.8. The van der Waals surface area contributed by atoms with E-state index in [0.717, 1.165) is 42.9 Å². The highest BCUT2D eigenvalue weighted by atomic mass is 16.2. The van der Waals surface area contributed by atoms with Crippen LogP contribution in [0, 0.1) is 23.2 Å². The Balaban J connectivity index is 2.43. The van der Waals surface area contributed by atoms with E-state index in [0.29, 0.717) is 6.54 Å². The summed E-state index contributed by atoms with van der Waals surface area (Å²) in [6.45, 7) is 10.2. The number of hydrogen-bond acceptors (Lipinski definition) is 6. The highest BCUT2D eigenvalue weighted by Crippen LogP contribution is 2.33. The van der Waals surface area contributed by atoms with E-state index in [4.69, 9.17) is 0 Å². The number of benzene rings is 1. The van der Waals surface area contributed by atoms with Gasteiger partial charge in [-0.2, -0.15) is 5.26 Å². The van der Waals surface area contributed by atoms with E-state index in [1.54, 1.807) is 6.20 Å². The molecule has 0 radical (unpaired) electrons. The second-order valence-electron chi connectivity index (χ2n) is 9.15. The molecule has 1 N–H and O–H groups in total. The molecular weight excluding hydrogens is 412 g/mol. The summed E-state index contributed by atoms with van der Waals surface area (Å²) in [5.74, 6) is 0.137. The van der Waals surface area contributed by atoms with E-state index in [9.17, 15) is 10.1 Å². The van der Waals surface area contributed by atoms with Crippen molar-refractivity contribution in [2.45, 2.75) is 39.3 Å². The van der Waals surface area contributed by atoms with Gasteiger partial charge in [0.25, 0.3) is 0 Å². The zero-order chi connectivity index (χ0) is 24.5. The largest absolute Gasteiger partial charge is 0.393 e. The summed E-state index contributed by atoms with van der Waals surface area (Å²) >= 11 is 0. The quantitative estimate of drug-likeness (QED) is 0.523. The average molecular weight is 453 g/mol. The Kier molecular flexibility index (Phi) is 9.80. The van der Waals surface area contributed by atoms with Crippen molar-refractivity contribution in [1.29, 1.82) is 5.26 Å². The van der Waals surface area contributed by atoms with Crippen molar-refractivity contribution in [3.05, 3.63) is 48.9 Å². The van der Waals surface area contributed by atoms with E-state index in [-0.39, 0.29) is 23.8 Å². The molecule has 7 nitrogen and oxygen atoms in total. The summed E-state index contributed by atoms with van der Waals surface area (Å²) in [5, 5.41) is 12.6. The molecular formula is C26H40N6O. The fraction of sp³-hybridized carbons (Fsp3) is 0.538. The molecule has 0 aliphatic carbocycles. The molecule has 180 valence electrons. The van der Waals surface area contributed by atoms with Crippen LogP contribution in [0.5, 0.6) is 0 Å². The highest BCUT2D eigenvalue weighted by Gasteiger charge is 2.33. The van der Waals surface area contributed by atoms with Crippen LogP contribution >= 0.6 is 0 Å². The molecule has 1 aliphatic heterocycles. The van der Waals surface area contributed by atoms with Crippen molar-refractivity contribution in [2.24, 2.45) is 11.8 Å². The lowest BCUT2D eigenvalue weighted by molar-refractivity contribution is -0.120. The van der Waals surface area contributed by atoms with Crippen LogP contribution < -0.4 is 15.1 Å². The number of amides is 1. The lowest BCUT2D eigenvalue weighted by Gasteiger charge is -2.33. The van der Waals surface area contributed by atoms with Crippen LogP contribution in [0.3, 0.4) is 0 Å². The monoisotopic (exact) mass is 452 g/mol. The van der Waals surface area contributed by atoms with E-state index in [1.165, 1.54) is 0 Å². The van der Waals surface area contributed by atoms with Crippen molar-refractivity contribution in [2.75, 3.05) is 51.1 Å². The first-order valence-electron chi connectivity index (χ1n) is 11.7. The molecule has 33 heavy (non-hydrogen) atoms. The Bertz CT molecular complexity index is 874. The molecule has 3 atom stereocenters. The summed E-state index contributed by atoms with van der Waals surface area (Å²) in [4.78, 5) is 21.3. The maximum Gasteiger partial charge on any atom is 0.230 e. The van der Waals surface area contributed by atoms with E-state index in [2.05, 4.69) is 46.8 Å². The number of nitrogens with one attached hydrogen (secondary N) is 1. The van der Waals surface area contributed by atoms with Gasteiger partial charge in [0.1, 0.15) is 0 Å². The molecule has 1 fully saturated rings. The summed E-state index contributed by atoms with van der Waals surface area (Å²) in [6.07, 6.45) is 7.42.